The molecule has 6 heteroatoms. The second-order valence-electron chi connectivity index (χ2n) is 9.13. The predicted octanol–water partition coefficient (Wildman–Crippen LogP) is 5.27. The number of hydrogen-bond acceptors (Lipinski definition) is 5. The van der Waals surface area contributed by atoms with Crippen LogP contribution in [-0.4, -0.2) is 30.5 Å². The van der Waals surface area contributed by atoms with Crippen LogP contribution in [0.15, 0.2) is 78.7 Å². The molecule has 0 aliphatic heterocycles. The number of rotatable bonds is 5. The fourth-order valence-corrected chi connectivity index (χ4v) is 4.96. The summed E-state index contributed by atoms with van der Waals surface area (Å²) in [5, 5.41) is 11.9. The molecule has 0 spiro atoms. The van der Waals surface area contributed by atoms with Gasteiger partial charge in [0.1, 0.15) is 17.0 Å². The first-order chi connectivity index (χ1) is 15.5. The van der Waals surface area contributed by atoms with Crippen molar-refractivity contribution in [2.75, 3.05) is 6.26 Å². The third-order valence-corrected chi connectivity index (χ3v) is 8.96. The molecule has 1 aliphatic carbocycles. The number of nitrogens with zero attached hydrogens (tertiary/aromatic N) is 1. The Bertz CT molecular complexity index is 1420. The number of hydrogen-bond donors (Lipinski definition) is 1. The third kappa shape index (κ3) is 3.68. The van der Waals surface area contributed by atoms with Gasteiger partial charge in [-0.2, -0.15) is 0 Å². The van der Waals surface area contributed by atoms with Crippen LogP contribution in [0.5, 0.6) is 0 Å². The Morgan fingerprint density at radius 3 is 2.39 bits per heavy atom. The van der Waals surface area contributed by atoms with Crippen molar-refractivity contribution < 1.29 is 18.3 Å². The molecule has 0 radical (unpaired) electrons. The van der Waals surface area contributed by atoms with Crippen LogP contribution in [0.1, 0.15) is 43.9 Å². The molecular formula is C27H27NO4S. The number of aliphatic hydroxyl groups excluding tert-OH is 1. The molecule has 0 saturated carbocycles. The molecule has 5 nitrogen and oxygen atoms in total. The van der Waals surface area contributed by atoms with Crippen molar-refractivity contribution >= 4 is 32.1 Å². The first kappa shape index (κ1) is 22.9. The smallest absolute Gasteiger partial charge is 0.156 e. The minimum absolute atomic E-state index is 0.0732. The van der Waals surface area contributed by atoms with E-state index >= 15 is 0 Å². The van der Waals surface area contributed by atoms with Crippen molar-refractivity contribution in [3.05, 3.63) is 95.4 Å². The van der Waals surface area contributed by atoms with Gasteiger partial charge in [0, 0.05) is 23.4 Å². The number of aromatic nitrogens is 1. The molecule has 0 saturated heterocycles. The van der Waals surface area contributed by atoms with E-state index in [1.54, 1.807) is 44.3 Å². The minimum Gasteiger partial charge on any atom is -0.511 e. The summed E-state index contributed by atoms with van der Waals surface area (Å²) in [6.45, 7) is 4.76. The van der Waals surface area contributed by atoms with Gasteiger partial charge in [0.2, 0.25) is 0 Å². The third-order valence-electron chi connectivity index (χ3n) is 6.87. The number of aliphatic hydroxyl groups is 1. The van der Waals surface area contributed by atoms with Gasteiger partial charge in [0.25, 0.3) is 0 Å². The zero-order chi connectivity index (χ0) is 24.0. The number of carbonyl (C=O) groups is 1. The summed E-state index contributed by atoms with van der Waals surface area (Å²) in [5.74, 6) is -0.310. The Hall–Kier alpha value is -3.25. The van der Waals surface area contributed by atoms with Gasteiger partial charge in [0.05, 0.1) is 10.3 Å². The van der Waals surface area contributed by atoms with Crippen LogP contribution in [0.2, 0.25) is 0 Å². The summed E-state index contributed by atoms with van der Waals surface area (Å²) in [4.78, 5) is 17.9. The van der Waals surface area contributed by atoms with Gasteiger partial charge in [-0.05, 0) is 62.1 Å². The fourth-order valence-electron chi connectivity index (χ4n) is 4.41. The van der Waals surface area contributed by atoms with Gasteiger partial charge in [-0.25, -0.2) is 8.42 Å². The summed E-state index contributed by atoms with van der Waals surface area (Å²) in [6, 6.07) is 16.9. The van der Waals surface area contributed by atoms with Gasteiger partial charge in [0.15, 0.2) is 9.84 Å². The SMILES string of the molecule is CC(=O)C1(c2cc(C(C)(C)S(C)(=O)=O)cc3cccnc23)CC(c2ccccc2)=CC=C1O. The molecule has 1 atom stereocenters. The molecule has 33 heavy (non-hydrogen) atoms. The Balaban J connectivity index is 2.04. The molecule has 0 bridgehead atoms. The molecule has 0 fully saturated rings. The van der Waals surface area contributed by atoms with E-state index in [0.29, 0.717) is 22.0 Å². The van der Waals surface area contributed by atoms with E-state index in [1.165, 1.54) is 13.2 Å². The van der Waals surface area contributed by atoms with E-state index in [0.717, 1.165) is 11.1 Å². The second kappa shape index (κ2) is 7.96. The summed E-state index contributed by atoms with van der Waals surface area (Å²) in [5.41, 5.74) is 2.10. The van der Waals surface area contributed by atoms with Crippen molar-refractivity contribution in [2.24, 2.45) is 0 Å². The van der Waals surface area contributed by atoms with Gasteiger partial charge in [-0.1, -0.05) is 48.5 Å². The van der Waals surface area contributed by atoms with Crippen molar-refractivity contribution in [3.63, 3.8) is 0 Å². The molecule has 1 N–H and O–H groups in total. The Kier molecular flexibility index (Phi) is 5.53. The van der Waals surface area contributed by atoms with E-state index in [-0.39, 0.29) is 18.0 Å². The van der Waals surface area contributed by atoms with Crippen molar-refractivity contribution in [2.45, 2.75) is 37.4 Å². The number of ketones is 1. The van der Waals surface area contributed by atoms with Crippen LogP contribution in [0.4, 0.5) is 0 Å². The predicted molar refractivity (Wildman–Crippen MR) is 132 cm³/mol. The molecule has 1 aliphatic rings. The maximum Gasteiger partial charge on any atom is 0.156 e. The van der Waals surface area contributed by atoms with Crippen LogP contribution in [0, 0.1) is 0 Å². The number of allylic oxidation sites excluding steroid dienone is 4. The summed E-state index contributed by atoms with van der Waals surface area (Å²) in [6.07, 6.45) is 6.47. The fraction of sp³-hybridized carbons (Fsp3) is 0.259. The normalized spacial score (nSPS) is 19.2. The van der Waals surface area contributed by atoms with E-state index in [2.05, 4.69) is 4.98 Å². The van der Waals surface area contributed by atoms with E-state index < -0.39 is 20.0 Å². The van der Waals surface area contributed by atoms with Crippen LogP contribution >= 0.6 is 0 Å². The highest BCUT2D eigenvalue weighted by atomic mass is 32.2. The molecule has 1 heterocycles. The molecule has 2 aromatic carbocycles. The highest BCUT2D eigenvalue weighted by Gasteiger charge is 2.46. The van der Waals surface area contributed by atoms with Gasteiger partial charge in [-0.3, -0.25) is 9.78 Å². The first-order valence-corrected chi connectivity index (χ1v) is 12.6. The zero-order valence-corrected chi connectivity index (χ0v) is 20.0. The van der Waals surface area contributed by atoms with Crippen LogP contribution < -0.4 is 0 Å². The van der Waals surface area contributed by atoms with E-state index in [4.69, 9.17) is 0 Å². The van der Waals surface area contributed by atoms with Crippen LogP contribution in [0.3, 0.4) is 0 Å². The summed E-state index contributed by atoms with van der Waals surface area (Å²) in [7, 11) is -3.47. The first-order valence-electron chi connectivity index (χ1n) is 10.7. The monoisotopic (exact) mass is 461 g/mol. The average Bonchev–Trinajstić information content (AvgIpc) is 2.78. The standard InChI is InChI=1S/C27H27NO4S/c1-18(29)27(17-21(12-13-24(27)30)19-9-6-5-7-10-19)23-16-22(26(2,3)33(4,31)32)15-20-11-8-14-28-25(20)23/h5-16,30H,17H2,1-4H3. The number of sulfone groups is 1. The van der Waals surface area contributed by atoms with Gasteiger partial charge < -0.3 is 5.11 Å². The Morgan fingerprint density at radius 2 is 1.76 bits per heavy atom. The average molecular weight is 462 g/mol. The number of benzene rings is 2. The molecule has 1 unspecified atom stereocenters. The van der Waals surface area contributed by atoms with E-state index in [9.17, 15) is 18.3 Å². The second-order valence-corrected chi connectivity index (χ2v) is 11.7. The van der Waals surface area contributed by atoms with Crippen molar-refractivity contribution in [1.29, 1.82) is 0 Å². The molecule has 170 valence electrons. The summed E-state index contributed by atoms with van der Waals surface area (Å²) < 4.78 is 24.1. The molecule has 4 rings (SSSR count). The van der Waals surface area contributed by atoms with Gasteiger partial charge in [-0.15, -0.1) is 0 Å². The highest BCUT2D eigenvalue weighted by Crippen LogP contribution is 2.47. The van der Waals surface area contributed by atoms with Crippen LogP contribution in [-0.2, 0) is 24.8 Å². The lowest BCUT2D eigenvalue weighted by atomic mass is 9.67. The molecule has 3 aromatic rings. The van der Waals surface area contributed by atoms with Crippen molar-refractivity contribution in [1.82, 2.24) is 4.98 Å². The zero-order valence-electron chi connectivity index (χ0n) is 19.2. The maximum absolute atomic E-state index is 13.3. The molecular weight excluding hydrogens is 434 g/mol. The number of carbonyl (C=O) groups excluding carboxylic acids is 1. The minimum atomic E-state index is -3.47. The maximum atomic E-state index is 13.3. The summed E-state index contributed by atoms with van der Waals surface area (Å²) >= 11 is 0. The number of Topliss-reactive ketones (excluding diaryl/α,β-unsaturated/α-hetero) is 1. The lowest BCUT2D eigenvalue weighted by Gasteiger charge is -2.36. The van der Waals surface area contributed by atoms with Crippen molar-refractivity contribution in [3.8, 4) is 0 Å². The quantitative estimate of drug-likeness (QED) is 0.559. The topological polar surface area (TPSA) is 84.3 Å². The number of pyridine rings is 1. The lowest BCUT2D eigenvalue weighted by Crippen LogP contribution is -2.39. The van der Waals surface area contributed by atoms with Gasteiger partial charge >= 0.3 is 0 Å². The number of fused-ring (bicyclic) bond motifs is 1. The van der Waals surface area contributed by atoms with Crippen LogP contribution in [0.25, 0.3) is 16.5 Å². The molecule has 0 amide bonds. The lowest BCUT2D eigenvalue weighted by molar-refractivity contribution is -0.122. The Labute approximate surface area is 194 Å². The molecule has 1 aromatic heterocycles. The largest absolute Gasteiger partial charge is 0.511 e. The highest BCUT2D eigenvalue weighted by molar-refractivity contribution is 7.91. The Morgan fingerprint density at radius 1 is 1.06 bits per heavy atom. The van der Waals surface area contributed by atoms with E-state index in [1.807, 2.05) is 42.5 Å².